The predicted molar refractivity (Wildman–Crippen MR) is 94.7 cm³/mol. The number of likely N-dealkylation sites (tertiary alicyclic amines) is 1. The van der Waals surface area contributed by atoms with Crippen LogP contribution in [-0.4, -0.2) is 28.9 Å². The Bertz CT molecular complexity index is 691. The van der Waals surface area contributed by atoms with Crippen LogP contribution in [0.2, 0.25) is 0 Å². The van der Waals surface area contributed by atoms with E-state index in [0.29, 0.717) is 22.5 Å². The number of piperidine rings is 1. The number of nitrogens with zero attached hydrogens (tertiary/aromatic N) is 2. The predicted octanol–water partition coefficient (Wildman–Crippen LogP) is 4.01. The first-order chi connectivity index (χ1) is 11.5. The quantitative estimate of drug-likeness (QED) is 0.909. The normalized spacial score (nSPS) is 21.6. The van der Waals surface area contributed by atoms with Crippen LogP contribution in [-0.2, 0) is 6.54 Å². The fourth-order valence-corrected chi connectivity index (χ4v) is 4.05. The van der Waals surface area contributed by atoms with E-state index in [1.54, 1.807) is 0 Å². The average molecular weight is 347 g/mol. The molecule has 0 radical (unpaired) electrons. The van der Waals surface area contributed by atoms with Crippen LogP contribution >= 0.6 is 11.3 Å². The van der Waals surface area contributed by atoms with Crippen molar-refractivity contribution in [1.82, 2.24) is 9.88 Å². The summed E-state index contributed by atoms with van der Waals surface area (Å²) in [6, 6.07) is 5.49. The highest BCUT2D eigenvalue weighted by molar-refractivity contribution is 7.13. The molecule has 6 heteroatoms. The van der Waals surface area contributed by atoms with Crippen LogP contribution in [0.4, 0.5) is 9.52 Å². The maximum absolute atomic E-state index is 12.9. The lowest BCUT2D eigenvalue weighted by Gasteiger charge is -2.34. The molecule has 2 atom stereocenters. The lowest BCUT2D eigenvalue weighted by atomic mass is 9.92. The largest absolute Gasteiger partial charge is 0.298 e. The highest BCUT2D eigenvalue weighted by atomic mass is 32.1. The summed E-state index contributed by atoms with van der Waals surface area (Å²) >= 11 is 1.42. The molecule has 24 heavy (non-hydrogen) atoms. The average Bonchev–Trinajstić information content (AvgIpc) is 2.93. The minimum atomic E-state index is -0.354. The zero-order chi connectivity index (χ0) is 17.1. The number of anilines is 1. The molecule has 1 aliphatic heterocycles. The van der Waals surface area contributed by atoms with Gasteiger partial charge in [0.25, 0.3) is 5.91 Å². The molecule has 1 N–H and O–H groups in total. The molecule has 128 valence electrons. The summed E-state index contributed by atoms with van der Waals surface area (Å²) in [6.45, 7) is 7.59. The van der Waals surface area contributed by atoms with Gasteiger partial charge in [-0.15, -0.1) is 11.3 Å². The number of rotatable bonds is 4. The molecule has 1 saturated heterocycles. The van der Waals surface area contributed by atoms with E-state index < -0.39 is 0 Å². The first-order valence-electron chi connectivity index (χ1n) is 8.23. The van der Waals surface area contributed by atoms with Gasteiger partial charge in [-0.3, -0.25) is 15.0 Å². The van der Waals surface area contributed by atoms with E-state index in [0.717, 1.165) is 25.3 Å². The van der Waals surface area contributed by atoms with Crippen molar-refractivity contribution in [3.63, 3.8) is 0 Å². The van der Waals surface area contributed by atoms with E-state index in [-0.39, 0.29) is 11.7 Å². The van der Waals surface area contributed by atoms with Crippen molar-refractivity contribution in [2.45, 2.75) is 26.8 Å². The van der Waals surface area contributed by atoms with Gasteiger partial charge in [0, 0.05) is 30.6 Å². The molecule has 2 heterocycles. The number of thiazole rings is 1. The van der Waals surface area contributed by atoms with Gasteiger partial charge in [0.1, 0.15) is 5.82 Å². The lowest BCUT2D eigenvalue weighted by molar-refractivity contribution is 0.102. The Morgan fingerprint density at radius 2 is 1.96 bits per heavy atom. The number of benzene rings is 1. The number of carbonyl (C=O) groups excluding carboxylic acids is 1. The van der Waals surface area contributed by atoms with E-state index in [2.05, 4.69) is 29.0 Å². The van der Waals surface area contributed by atoms with Crippen molar-refractivity contribution < 1.29 is 9.18 Å². The molecule has 1 amide bonds. The molecule has 1 aromatic carbocycles. The number of halogens is 1. The third-order valence-electron chi connectivity index (χ3n) is 4.21. The first kappa shape index (κ1) is 17.0. The van der Waals surface area contributed by atoms with Gasteiger partial charge in [0.05, 0.1) is 5.69 Å². The van der Waals surface area contributed by atoms with Crippen LogP contribution in [0.3, 0.4) is 0 Å². The van der Waals surface area contributed by atoms with Crippen molar-refractivity contribution >= 4 is 22.4 Å². The highest BCUT2D eigenvalue weighted by Crippen LogP contribution is 2.24. The maximum atomic E-state index is 12.9. The zero-order valence-electron chi connectivity index (χ0n) is 14.0. The Morgan fingerprint density at radius 1 is 1.29 bits per heavy atom. The second-order valence-electron chi connectivity index (χ2n) is 6.75. The topological polar surface area (TPSA) is 45.2 Å². The first-order valence-corrected chi connectivity index (χ1v) is 9.11. The van der Waals surface area contributed by atoms with Crippen molar-refractivity contribution in [1.29, 1.82) is 0 Å². The van der Waals surface area contributed by atoms with Crippen molar-refractivity contribution in [2.75, 3.05) is 18.4 Å². The van der Waals surface area contributed by atoms with E-state index in [9.17, 15) is 9.18 Å². The van der Waals surface area contributed by atoms with E-state index in [4.69, 9.17) is 0 Å². The molecule has 1 aromatic heterocycles. The second-order valence-corrected chi connectivity index (χ2v) is 7.60. The molecule has 0 bridgehead atoms. The van der Waals surface area contributed by atoms with Crippen LogP contribution in [0.5, 0.6) is 0 Å². The Morgan fingerprint density at radius 3 is 2.62 bits per heavy atom. The molecule has 4 nitrogen and oxygen atoms in total. The zero-order valence-corrected chi connectivity index (χ0v) is 14.8. The standard InChI is InChI=1S/C18H22FN3OS/c1-12-7-13(2)9-22(8-12)10-16-11-24-18(20-16)21-17(23)14-3-5-15(19)6-4-14/h3-6,11-13H,7-10H2,1-2H3,(H,20,21,23)/t12-,13-/m1/s1. The fraction of sp³-hybridized carbons (Fsp3) is 0.444. The summed E-state index contributed by atoms with van der Waals surface area (Å²) in [6.07, 6.45) is 1.28. The molecule has 1 fully saturated rings. The Balaban J connectivity index is 1.59. The number of hydrogen-bond acceptors (Lipinski definition) is 4. The van der Waals surface area contributed by atoms with Gasteiger partial charge in [-0.25, -0.2) is 9.37 Å². The van der Waals surface area contributed by atoms with Gasteiger partial charge in [-0.2, -0.15) is 0 Å². The molecule has 0 unspecified atom stereocenters. The van der Waals surface area contributed by atoms with Crippen LogP contribution < -0.4 is 5.32 Å². The van der Waals surface area contributed by atoms with Crippen molar-refractivity contribution in [3.8, 4) is 0 Å². The van der Waals surface area contributed by atoms with Crippen LogP contribution in [0, 0.1) is 17.7 Å². The molecular weight excluding hydrogens is 325 g/mol. The van der Waals surface area contributed by atoms with Crippen LogP contribution in [0.25, 0.3) is 0 Å². The Kier molecular flexibility index (Phi) is 5.26. The van der Waals surface area contributed by atoms with E-state index in [1.807, 2.05) is 5.38 Å². The van der Waals surface area contributed by atoms with Gasteiger partial charge in [0.2, 0.25) is 0 Å². The Hall–Kier alpha value is -1.79. The molecule has 3 rings (SSSR count). The molecule has 0 spiro atoms. The summed E-state index contributed by atoms with van der Waals surface area (Å²) in [5.41, 5.74) is 1.41. The van der Waals surface area contributed by atoms with Gasteiger partial charge in [-0.1, -0.05) is 13.8 Å². The second kappa shape index (κ2) is 7.40. The van der Waals surface area contributed by atoms with E-state index in [1.165, 1.54) is 42.0 Å². The molecule has 0 aliphatic carbocycles. The van der Waals surface area contributed by atoms with Gasteiger partial charge in [0.15, 0.2) is 5.13 Å². The minimum absolute atomic E-state index is 0.267. The van der Waals surface area contributed by atoms with E-state index >= 15 is 0 Å². The summed E-state index contributed by atoms with van der Waals surface area (Å²) in [5.74, 6) is 0.805. The number of amides is 1. The summed E-state index contributed by atoms with van der Waals surface area (Å²) in [7, 11) is 0. The summed E-state index contributed by atoms with van der Waals surface area (Å²) in [4.78, 5) is 19.1. The third-order valence-corrected chi connectivity index (χ3v) is 5.02. The minimum Gasteiger partial charge on any atom is -0.298 e. The maximum Gasteiger partial charge on any atom is 0.257 e. The number of carbonyl (C=O) groups is 1. The molecule has 0 saturated carbocycles. The Labute approximate surface area is 145 Å². The third kappa shape index (κ3) is 4.39. The monoisotopic (exact) mass is 347 g/mol. The van der Waals surface area contributed by atoms with Crippen LogP contribution in [0.15, 0.2) is 29.6 Å². The fourth-order valence-electron chi connectivity index (χ4n) is 3.36. The van der Waals surface area contributed by atoms with Crippen LogP contribution in [0.1, 0.15) is 36.3 Å². The van der Waals surface area contributed by atoms with Crippen molar-refractivity contribution in [3.05, 3.63) is 46.7 Å². The lowest BCUT2D eigenvalue weighted by Crippen LogP contribution is -2.38. The van der Waals surface area contributed by atoms with Gasteiger partial charge in [-0.05, 0) is 42.5 Å². The SMILES string of the molecule is C[C@@H]1C[C@@H](C)CN(Cc2csc(NC(=O)c3ccc(F)cc3)n2)C1. The van der Waals surface area contributed by atoms with Crippen molar-refractivity contribution in [2.24, 2.45) is 11.8 Å². The number of aromatic nitrogens is 1. The summed E-state index contributed by atoms with van der Waals surface area (Å²) < 4.78 is 12.9. The number of hydrogen-bond donors (Lipinski definition) is 1. The smallest absolute Gasteiger partial charge is 0.257 e. The summed E-state index contributed by atoms with van der Waals surface area (Å²) in [5, 5.41) is 5.35. The highest BCUT2D eigenvalue weighted by Gasteiger charge is 2.22. The number of nitrogens with one attached hydrogen (secondary N) is 1. The molecule has 2 aromatic rings. The molecule has 1 aliphatic rings. The van der Waals surface area contributed by atoms with Gasteiger partial charge < -0.3 is 0 Å². The van der Waals surface area contributed by atoms with Gasteiger partial charge >= 0.3 is 0 Å². The molecular formula is C18H22FN3OS.